The van der Waals surface area contributed by atoms with Crippen LogP contribution in [-0.4, -0.2) is 21.0 Å². The number of benzene rings is 1. The lowest BCUT2D eigenvalue weighted by Crippen LogP contribution is -2.11. The summed E-state index contributed by atoms with van der Waals surface area (Å²) in [7, 11) is 0. The van der Waals surface area contributed by atoms with E-state index in [1.807, 2.05) is 20.8 Å². The standard InChI is InChI=1S/C13H14N2O4/c1-13(2,3)10-5-7-4-8(15(18)19)6-9(12(16)17)11(7)14-10/h4-6,14H,1-3H3,(H,16,17). The van der Waals surface area contributed by atoms with Gasteiger partial charge in [-0.15, -0.1) is 0 Å². The normalized spacial score (nSPS) is 11.7. The molecule has 19 heavy (non-hydrogen) atoms. The molecule has 0 fully saturated rings. The summed E-state index contributed by atoms with van der Waals surface area (Å²) in [4.78, 5) is 24.5. The van der Waals surface area contributed by atoms with E-state index in [-0.39, 0.29) is 16.7 Å². The summed E-state index contributed by atoms with van der Waals surface area (Å²) in [5.41, 5.74) is 0.765. The minimum Gasteiger partial charge on any atom is -0.478 e. The van der Waals surface area contributed by atoms with Crippen molar-refractivity contribution in [2.24, 2.45) is 0 Å². The van der Waals surface area contributed by atoms with Crippen molar-refractivity contribution in [2.45, 2.75) is 26.2 Å². The van der Waals surface area contributed by atoms with Crippen molar-refractivity contribution >= 4 is 22.6 Å². The van der Waals surface area contributed by atoms with E-state index in [2.05, 4.69) is 4.98 Å². The molecule has 0 amide bonds. The van der Waals surface area contributed by atoms with Crippen LogP contribution in [0.1, 0.15) is 36.8 Å². The number of carboxylic acids is 1. The summed E-state index contributed by atoms with van der Waals surface area (Å²) in [6.45, 7) is 5.94. The van der Waals surface area contributed by atoms with Crippen molar-refractivity contribution in [2.75, 3.05) is 0 Å². The van der Waals surface area contributed by atoms with Crippen molar-refractivity contribution in [3.05, 3.63) is 39.6 Å². The van der Waals surface area contributed by atoms with Crippen LogP contribution in [0.3, 0.4) is 0 Å². The highest BCUT2D eigenvalue weighted by molar-refractivity contribution is 6.03. The molecule has 0 unspecified atom stereocenters. The van der Waals surface area contributed by atoms with Crippen LogP contribution >= 0.6 is 0 Å². The fourth-order valence-electron chi connectivity index (χ4n) is 1.91. The third-order valence-electron chi connectivity index (χ3n) is 2.96. The first-order valence-corrected chi connectivity index (χ1v) is 5.75. The first-order chi connectivity index (χ1) is 8.70. The van der Waals surface area contributed by atoms with Gasteiger partial charge < -0.3 is 10.1 Å². The lowest BCUT2D eigenvalue weighted by molar-refractivity contribution is -0.384. The number of nitro benzene ring substituents is 1. The number of hydrogen-bond acceptors (Lipinski definition) is 3. The molecule has 0 saturated heterocycles. The number of rotatable bonds is 2. The summed E-state index contributed by atoms with van der Waals surface area (Å²) in [6.07, 6.45) is 0. The van der Waals surface area contributed by atoms with Crippen molar-refractivity contribution < 1.29 is 14.8 Å². The Morgan fingerprint density at radius 2 is 1.95 bits per heavy atom. The molecule has 0 spiro atoms. The molecule has 0 aliphatic heterocycles. The Morgan fingerprint density at radius 3 is 2.42 bits per heavy atom. The molecule has 1 heterocycles. The van der Waals surface area contributed by atoms with Gasteiger partial charge in [0, 0.05) is 28.6 Å². The first kappa shape index (κ1) is 13.1. The van der Waals surface area contributed by atoms with Crippen LogP contribution in [0.15, 0.2) is 18.2 Å². The van der Waals surface area contributed by atoms with E-state index in [1.165, 1.54) is 6.07 Å². The van der Waals surface area contributed by atoms with Crippen molar-refractivity contribution in [1.82, 2.24) is 4.98 Å². The Bertz CT molecular complexity index is 680. The molecule has 0 saturated carbocycles. The Hall–Kier alpha value is -2.37. The molecule has 6 heteroatoms. The Labute approximate surface area is 109 Å². The van der Waals surface area contributed by atoms with Gasteiger partial charge in [-0.05, 0) is 6.07 Å². The predicted octanol–water partition coefficient (Wildman–Crippen LogP) is 3.07. The molecule has 1 aromatic heterocycles. The van der Waals surface area contributed by atoms with Crippen LogP contribution in [0.2, 0.25) is 0 Å². The summed E-state index contributed by atoms with van der Waals surface area (Å²) >= 11 is 0. The van der Waals surface area contributed by atoms with Gasteiger partial charge in [0.15, 0.2) is 0 Å². The molecule has 0 bridgehead atoms. The zero-order chi connectivity index (χ0) is 14.4. The van der Waals surface area contributed by atoms with Gasteiger partial charge >= 0.3 is 5.97 Å². The van der Waals surface area contributed by atoms with Gasteiger partial charge in [-0.25, -0.2) is 4.79 Å². The summed E-state index contributed by atoms with van der Waals surface area (Å²) < 4.78 is 0. The number of nitrogens with zero attached hydrogens (tertiary/aromatic N) is 1. The average Bonchev–Trinajstić information content (AvgIpc) is 2.70. The van der Waals surface area contributed by atoms with E-state index in [4.69, 9.17) is 5.11 Å². The quantitative estimate of drug-likeness (QED) is 0.642. The monoisotopic (exact) mass is 262 g/mol. The number of H-pyrrole nitrogens is 1. The van der Waals surface area contributed by atoms with Gasteiger partial charge in [0.25, 0.3) is 5.69 Å². The largest absolute Gasteiger partial charge is 0.478 e. The summed E-state index contributed by atoms with van der Waals surface area (Å²) in [5, 5.41) is 20.5. The molecule has 1 aromatic carbocycles. The van der Waals surface area contributed by atoms with E-state index < -0.39 is 10.9 Å². The number of non-ortho nitro benzene ring substituents is 1. The smallest absolute Gasteiger partial charge is 0.338 e. The van der Waals surface area contributed by atoms with E-state index in [0.29, 0.717) is 10.9 Å². The van der Waals surface area contributed by atoms with Crippen molar-refractivity contribution in [1.29, 1.82) is 0 Å². The topological polar surface area (TPSA) is 96.2 Å². The number of nitrogens with one attached hydrogen (secondary N) is 1. The highest BCUT2D eigenvalue weighted by atomic mass is 16.6. The van der Waals surface area contributed by atoms with Crippen molar-refractivity contribution in [3.63, 3.8) is 0 Å². The summed E-state index contributed by atoms with van der Waals surface area (Å²) in [6, 6.07) is 4.22. The predicted molar refractivity (Wildman–Crippen MR) is 70.6 cm³/mol. The SMILES string of the molecule is CC(C)(C)c1cc2cc([N+](=O)[O-])cc(C(=O)O)c2[nH]1. The Kier molecular flexibility index (Phi) is 2.81. The molecule has 2 aromatic rings. The van der Waals surface area contributed by atoms with Crippen LogP contribution in [0, 0.1) is 10.1 Å². The summed E-state index contributed by atoms with van der Waals surface area (Å²) in [5.74, 6) is -1.18. The second-order valence-corrected chi connectivity index (χ2v) is 5.45. The number of aromatic carboxylic acids is 1. The molecular weight excluding hydrogens is 248 g/mol. The van der Waals surface area contributed by atoms with E-state index in [1.54, 1.807) is 6.07 Å². The lowest BCUT2D eigenvalue weighted by atomic mass is 9.92. The fraction of sp³-hybridized carbons (Fsp3) is 0.308. The average molecular weight is 262 g/mol. The van der Waals surface area contributed by atoms with Crippen LogP contribution < -0.4 is 0 Å². The molecular formula is C13H14N2O4. The van der Waals surface area contributed by atoms with E-state index in [9.17, 15) is 14.9 Å². The van der Waals surface area contributed by atoms with Crippen LogP contribution in [0.5, 0.6) is 0 Å². The number of carbonyl (C=O) groups is 1. The fourth-order valence-corrected chi connectivity index (χ4v) is 1.91. The maximum Gasteiger partial charge on any atom is 0.338 e. The highest BCUT2D eigenvalue weighted by Crippen LogP contribution is 2.30. The number of fused-ring (bicyclic) bond motifs is 1. The zero-order valence-electron chi connectivity index (χ0n) is 10.9. The van der Waals surface area contributed by atoms with Gasteiger partial charge in [0.2, 0.25) is 0 Å². The Balaban J connectivity index is 2.79. The second kappa shape index (κ2) is 4.08. The molecule has 100 valence electrons. The third kappa shape index (κ3) is 2.29. The molecule has 0 radical (unpaired) electrons. The maximum absolute atomic E-state index is 11.2. The molecule has 0 atom stereocenters. The molecule has 2 N–H and O–H groups in total. The number of nitro groups is 1. The molecule has 0 aliphatic carbocycles. The zero-order valence-corrected chi connectivity index (χ0v) is 10.9. The minimum absolute atomic E-state index is 0.0836. The Morgan fingerprint density at radius 1 is 1.32 bits per heavy atom. The number of hydrogen-bond donors (Lipinski definition) is 2. The van der Waals surface area contributed by atoms with Crippen molar-refractivity contribution in [3.8, 4) is 0 Å². The minimum atomic E-state index is -1.18. The van der Waals surface area contributed by atoms with E-state index >= 15 is 0 Å². The maximum atomic E-state index is 11.2. The van der Waals surface area contributed by atoms with Gasteiger partial charge in [0.05, 0.1) is 16.0 Å². The lowest BCUT2D eigenvalue weighted by Gasteiger charge is -2.15. The van der Waals surface area contributed by atoms with Crippen LogP contribution in [0.25, 0.3) is 10.9 Å². The first-order valence-electron chi connectivity index (χ1n) is 5.75. The van der Waals surface area contributed by atoms with Crippen LogP contribution in [0.4, 0.5) is 5.69 Å². The van der Waals surface area contributed by atoms with Crippen LogP contribution in [-0.2, 0) is 5.41 Å². The second-order valence-electron chi connectivity index (χ2n) is 5.45. The molecule has 0 aliphatic rings. The third-order valence-corrected chi connectivity index (χ3v) is 2.96. The van der Waals surface area contributed by atoms with Gasteiger partial charge in [-0.2, -0.15) is 0 Å². The highest BCUT2D eigenvalue weighted by Gasteiger charge is 2.22. The van der Waals surface area contributed by atoms with Gasteiger partial charge in [-0.3, -0.25) is 10.1 Å². The number of aromatic amines is 1. The number of carboxylic acid groups (broad SMARTS) is 1. The molecule has 6 nitrogen and oxygen atoms in total. The molecule has 2 rings (SSSR count). The van der Waals surface area contributed by atoms with Gasteiger partial charge in [0.1, 0.15) is 0 Å². The van der Waals surface area contributed by atoms with Gasteiger partial charge in [-0.1, -0.05) is 20.8 Å². The number of aromatic nitrogens is 1. The van der Waals surface area contributed by atoms with E-state index in [0.717, 1.165) is 11.8 Å².